The van der Waals surface area contributed by atoms with E-state index in [0.717, 1.165) is 22.7 Å². The minimum absolute atomic E-state index is 0.0171. The number of benzene rings is 2. The van der Waals surface area contributed by atoms with Crippen molar-refractivity contribution in [1.82, 2.24) is 0 Å². The summed E-state index contributed by atoms with van der Waals surface area (Å²) in [6.07, 6.45) is 1.48. The Hall–Kier alpha value is -3.40. The average Bonchev–Trinajstić information content (AvgIpc) is 2.97. The van der Waals surface area contributed by atoms with Crippen LogP contribution in [0.25, 0.3) is 6.08 Å². The van der Waals surface area contributed by atoms with Gasteiger partial charge in [0.2, 0.25) is 5.90 Å². The second-order valence-electron chi connectivity index (χ2n) is 5.14. The summed E-state index contributed by atoms with van der Waals surface area (Å²) in [6, 6.07) is 9.98. The van der Waals surface area contributed by atoms with Gasteiger partial charge in [0, 0.05) is 16.6 Å². The molecule has 0 radical (unpaired) electrons. The van der Waals surface area contributed by atoms with E-state index in [2.05, 4.69) is 20.9 Å². The van der Waals surface area contributed by atoms with Crippen molar-refractivity contribution in [2.75, 3.05) is 0 Å². The van der Waals surface area contributed by atoms with Gasteiger partial charge in [-0.2, -0.15) is 0 Å². The number of rotatable bonds is 4. The highest BCUT2D eigenvalue weighted by Crippen LogP contribution is 2.26. The molecule has 0 atom stereocenters. The molecule has 130 valence electrons. The topological polar surface area (TPSA) is 125 Å². The second kappa shape index (κ2) is 6.84. The third-order valence-electron chi connectivity index (χ3n) is 3.37. The zero-order valence-electron chi connectivity index (χ0n) is 12.8. The van der Waals surface area contributed by atoms with Crippen LogP contribution in [0.3, 0.4) is 0 Å². The molecule has 0 saturated heterocycles. The van der Waals surface area contributed by atoms with Crippen LogP contribution in [-0.4, -0.2) is 21.7 Å². The molecule has 0 saturated carbocycles. The van der Waals surface area contributed by atoms with Crippen molar-refractivity contribution >= 4 is 45.2 Å². The lowest BCUT2D eigenvalue weighted by Gasteiger charge is -2.00. The van der Waals surface area contributed by atoms with Crippen molar-refractivity contribution in [3.05, 3.63) is 84.0 Å². The fourth-order valence-electron chi connectivity index (χ4n) is 2.18. The molecule has 3 rings (SSSR count). The molecule has 9 nitrogen and oxygen atoms in total. The van der Waals surface area contributed by atoms with Crippen LogP contribution in [0.2, 0.25) is 0 Å². The quantitative estimate of drug-likeness (QED) is 0.323. The van der Waals surface area contributed by atoms with Crippen molar-refractivity contribution in [2.45, 2.75) is 0 Å². The van der Waals surface area contributed by atoms with E-state index in [1.165, 1.54) is 6.08 Å². The van der Waals surface area contributed by atoms with E-state index in [1.54, 1.807) is 24.3 Å². The third-order valence-corrected chi connectivity index (χ3v) is 3.89. The zero-order chi connectivity index (χ0) is 18.8. The number of carbonyl (C=O) groups is 1. The molecule has 26 heavy (non-hydrogen) atoms. The Morgan fingerprint density at radius 1 is 1.00 bits per heavy atom. The van der Waals surface area contributed by atoms with Crippen molar-refractivity contribution in [3.8, 4) is 0 Å². The Kier molecular flexibility index (Phi) is 4.59. The van der Waals surface area contributed by atoms with Crippen LogP contribution < -0.4 is 0 Å². The van der Waals surface area contributed by atoms with E-state index in [1.807, 2.05) is 0 Å². The van der Waals surface area contributed by atoms with Gasteiger partial charge in [-0.15, -0.1) is 0 Å². The molecule has 0 aliphatic carbocycles. The van der Waals surface area contributed by atoms with Gasteiger partial charge in [-0.05, 0) is 23.8 Å². The van der Waals surface area contributed by atoms with Crippen LogP contribution in [0.15, 0.2) is 57.6 Å². The monoisotopic (exact) mass is 417 g/mol. The molecule has 0 bridgehead atoms. The van der Waals surface area contributed by atoms with Gasteiger partial charge < -0.3 is 4.74 Å². The van der Waals surface area contributed by atoms with Gasteiger partial charge in [0.05, 0.1) is 21.5 Å². The van der Waals surface area contributed by atoms with Crippen LogP contribution in [0.4, 0.5) is 11.4 Å². The first-order chi connectivity index (χ1) is 12.3. The van der Waals surface area contributed by atoms with Crippen LogP contribution >= 0.6 is 15.9 Å². The molecule has 1 aliphatic rings. The summed E-state index contributed by atoms with van der Waals surface area (Å²) in [7, 11) is 0. The average molecular weight is 418 g/mol. The van der Waals surface area contributed by atoms with Crippen LogP contribution in [0.1, 0.15) is 11.1 Å². The Morgan fingerprint density at radius 3 is 2.12 bits per heavy atom. The maximum Gasteiger partial charge on any atom is 0.363 e. The second-order valence-corrected chi connectivity index (χ2v) is 6.06. The summed E-state index contributed by atoms with van der Waals surface area (Å²) in [5, 5.41) is 21.9. The SMILES string of the molecule is O=C1OC(c2cc([N+](=O)[O-])cc([N+](=O)[O-])c2)=N/C1=C\c1ccc(Br)cc1. The number of nitro benzene ring substituents is 2. The summed E-state index contributed by atoms with van der Waals surface area (Å²) in [5.74, 6) is -0.984. The van der Waals surface area contributed by atoms with Gasteiger partial charge in [0.15, 0.2) is 5.70 Å². The lowest BCUT2D eigenvalue weighted by Crippen LogP contribution is -2.06. The standard InChI is InChI=1S/C16H8BrN3O6/c17-11-3-1-9(2-4-11)5-14-16(21)26-15(18-14)10-6-12(19(22)23)8-13(7-10)20(24)25/h1-8H/b14-5-. The predicted octanol–water partition coefficient (Wildman–Crippen LogP) is 3.61. The highest BCUT2D eigenvalue weighted by molar-refractivity contribution is 9.10. The number of hydrogen-bond donors (Lipinski definition) is 0. The molecular formula is C16H8BrN3O6. The van der Waals surface area contributed by atoms with E-state index in [0.29, 0.717) is 5.56 Å². The number of aliphatic imine (C=N–C) groups is 1. The molecular weight excluding hydrogens is 410 g/mol. The minimum atomic E-state index is -0.771. The van der Waals surface area contributed by atoms with E-state index >= 15 is 0 Å². The van der Waals surface area contributed by atoms with Crippen LogP contribution in [-0.2, 0) is 9.53 Å². The van der Waals surface area contributed by atoms with E-state index in [-0.39, 0.29) is 17.2 Å². The van der Waals surface area contributed by atoms with Crippen LogP contribution in [0, 0.1) is 20.2 Å². The molecule has 0 aromatic heterocycles. The lowest BCUT2D eigenvalue weighted by molar-refractivity contribution is -0.394. The van der Waals surface area contributed by atoms with E-state index in [4.69, 9.17) is 4.74 Å². The highest BCUT2D eigenvalue weighted by Gasteiger charge is 2.27. The number of cyclic esters (lactones) is 1. The zero-order valence-corrected chi connectivity index (χ0v) is 14.4. The first-order valence-electron chi connectivity index (χ1n) is 7.06. The normalized spacial score (nSPS) is 14.9. The third kappa shape index (κ3) is 3.64. The molecule has 0 unspecified atom stereocenters. The predicted molar refractivity (Wildman–Crippen MR) is 94.5 cm³/mol. The fourth-order valence-corrected chi connectivity index (χ4v) is 2.44. The maximum absolute atomic E-state index is 12.0. The summed E-state index contributed by atoms with van der Waals surface area (Å²) < 4.78 is 5.88. The minimum Gasteiger partial charge on any atom is -0.402 e. The lowest BCUT2D eigenvalue weighted by atomic mass is 10.1. The summed E-state index contributed by atoms with van der Waals surface area (Å²) in [5.41, 5.74) is -0.360. The molecule has 0 fully saturated rings. The molecule has 1 heterocycles. The number of halogens is 1. The van der Waals surface area contributed by atoms with Crippen molar-refractivity contribution in [3.63, 3.8) is 0 Å². The number of ether oxygens (including phenoxy) is 1. The first-order valence-corrected chi connectivity index (χ1v) is 7.85. The molecule has 0 N–H and O–H groups in total. The number of non-ortho nitro benzene ring substituents is 2. The molecule has 10 heteroatoms. The van der Waals surface area contributed by atoms with Gasteiger partial charge in [-0.1, -0.05) is 28.1 Å². The van der Waals surface area contributed by atoms with Gasteiger partial charge in [0.1, 0.15) is 0 Å². The smallest absolute Gasteiger partial charge is 0.363 e. The number of hydrogen-bond acceptors (Lipinski definition) is 7. The Labute approximate surface area is 154 Å². The number of esters is 1. The summed E-state index contributed by atoms with van der Waals surface area (Å²) in [4.78, 5) is 36.4. The maximum atomic E-state index is 12.0. The van der Waals surface area contributed by atoms with Gasteiger partial charge in [0.25, 0.3) is 11.4 Å². The Balaban J connectivity index is 2.02. The number of nitrogens with zero attached hydrogens (tertiary/aromatic N) is 3. The van der Waals surface area contributed by atoms with Crippen molar-refractivity contribution in [1.29, 1.82) is 0 Å². The number of carbonyl (C=O) groups excluding carboxylic acids is 1. The largest absolute Gasteiger partial charge is 0.402 e. The summed E-state index contributed by atoms with van der Waals surface area (Å²) >= 11 is 3.30. The fraction of sp³-hybridized carbons (Fsp3) is 0. The highest BCUT2D eigenvalue weighted by atomic mass is 79.9. The molecule has 0 spiro atoms. The van der Waals surface area contributed by atoms with E-state index in [9.17, 15) is 25.0 Å². The Bertz CT molecular complexity index is 965. The Morgan fingerprint density at radius 2 is 1.58 bits per heavy atom. The molecule has 0 amide bonds. The van der Waals surface area contributed by atoms with Gasteiger partial charge in [-0.25, -0.2) is 9.79 Å². The molecule has 1 aliphatic heterocycles. The van der Waals surface area contributed by atoms with Crippen molar-refractivity contribution < 1.29 is 19.4 Å². The van der Waals surface area contributed by atoms with Gasteiger partial charge >= 0.3 is 5.97 Å². The summed E-state index contributed by atoms with van der Waals surface area (Å²) in [6.45, 7) is 0. The van der Waals surface area contributed by atoms with Crippen molar-refractivity contribution in [2.24, 2.45) is 4.99 Å². The molecule has 2 aromatic rings. The first kappa shape index (κ1) is 17.4. The number of nitro groups is 2. The van der Waals surface area contributed by atoms with Crippen LogP contribution in [0.5, 0.6) is 0 Å². The van der Waals surface area contributed by atoms with Gasteiger partial charge in [-0.3, -0.25) is 20.2 Å². The van der Waals surface area contributed by atoms with E-state index < -0.39 is 27.2 Å². The molecule has 2 aromatic carbocycles.